The van der Waals surface area contributed by atoms with E-state index in [2.05, 4.69) is 15.0 Å². The molecule has 2 heterocycles. The number of hydrogen-bond donors (Lipinski definition) is 1. The smallest absolute Gasteiger partial charge is 0.332 e. The van der Waals surface area contributed by atoms with E-state index in [4.69, 9.17) is 5.73 Å². The van der Waals surface area contributed by atoms with Crippen LogP contribution in [0.2, 0.25) is 0 Å². The van der Waals surface area contributed by atoms with E-state index < -0.39 is 4.92 Å². The first kappa shape index (κ1) is 14.1. The molecule has 0 aliphatic rings. The molecule has 0 aliphatic heterocycles. The van der Waals surface area contributed by atoms with Crippen molar-refractivity contribution in [3.8, 4) is 0 Å². The van der Waals surface area contributed by atoms with Gasteiger partial charge in [-0.05, 0) is 13.8 Å². The molecule has 2 aromatic rings. The average molecular weight is 294 g/mol. The lowest BCUT2D eigenvalue weighted by Gasteiger charge is -2.18. The Morgan fingerprint density at radius 3 is 2.65 bits per heavy atom. The van der Waals surface area contributed by atoms with E-state index >= 15 is 0 Å². The van der Waals surface area contributed by atoms with Crippen LogP contribution in [-0.2, 0) is 6.54 Å². The lowest BCUT2D eigenvalue weighted by molar-refractivity contribution is -0.385. The highest BCUT2D eigenvalue weighted by Gasteiger charge is 2.24. The molecule has 2 rings (SSSR count). The molecule has 0 radical (unpaired) electrons. The number of rotatable bonds is 4. The highest BCUT2D eigenvalue weighted by Crippen LogP contribution is 2.30. The van der Waals surface area contributed by atoms with E-state index in [0.717, 1.165) is 10.6 Å². The molecule has 0 unspecified atom stereocenters. The molecule has 0 atom stereocenters. The van der Waals surface area contributed by atoms with Crippen molar-refractivity contribution in [2.24, 2.45) is 0 Å². The summed E-state index contributed by atoms with van der Waals surface area (Å²) in [4.78, 5) is 25.4. The fourth-order valence-electron chi connectivity index (χ4n) is 1.82. The quantitative estimate of drug-likeness (QED) is 0.674. The third-order valence-corrected chi connectivity index (χ3v) is 3.75. The SMILES string of the molecule is Cc1ncsc1CN(C)c1nc(N)nc(C)c1[N+](=O)[O-]. The Morgan fingerprint density at radius 1 is 1.40 bits per heavy atom. The minimum atomic E-state index is -0.486. The molecule has 2 aromatic heterocycles. The third-order valence-electron chi connectivity index (χ3n) is 2.83. The van der Waals surface area contributed by atoms with Gasteiger partial charge >= 0.3 is 5.69 Å². The summed E-state index contributed by atoms with van der Waals surface area (Å²) in [5.74, 6) is 0.240. The summed E-state index contributed by atoms with van der Waals surface area (Å²) < 4.78 is 0. The maximum atomic E-state index is 11.2. The molecule has 20 heavy (non-hydrogen) atoms. The second-order valence-corrected chi connectivity index (χ2v) is 5.25. The highest BCUT2D eigenvalue weighted by atomic mass is 32.1. The summed E-state index contributed by atoms with van der Waals surface area (Å²) in [6.45, 7) is 3.92. The number of nitrogens with two attached hydrogens (primary N) is 1. The Balaban J connectivity index is 2.41. The minimum absolute atomic E-state index is 0.0241. The molecule has 106 valence electrons. The van der Waals surface area contributed by atoms with Gasteiger partial charge in [0.25, 0.3) is 0 Å². The largest absolute Gasteiger partial charge is 0.368 e. The van der Waals surface area contributed by atoms with Crippen LogP contribution in [0.25, 0.3) is 0 Å². The van der Waals surface area contributed by atoms with Crippen LogP contribution in [0.5, 0.6) is 0 Å². The summed E-state index contributed by atoms with van der Waals surface area (Å²) in [7, 11) is 1.73. The molecular weight excluding hydrogens is 280 g/mol. The molecule has 0 bridgehead atoms. The van der Waals surface area contributed by atoms with Crippen molar-refractivity contribution in [2.75, 3.05) is 17.7 Å². The minimum Gasteiger partial charge on any atom is -0.368 e. The van der Waals surface area contributed by atoms with Gasteiger partial charge < -0.3 is 10.6 Å². The number of nitrogen functional groups attached to an aromatic ring is 1. The van der Waals surface area contributed by atoms with Crippen LogP contribution in [-0.4, -0.2) is 26.9 Å². The molecule has 8 nitrogen and oxygen atoms in total. The van der Waals surface area contributed by atoms with Crippen molar-refractivity contribution in [2.45, 2.75) is 20.4 Å². The Morgan fingerprint density at radius 2 is 2.10 bits per heavy atom. The fourth-order valence-corrected chi connectivity index (χ4v) is 2.65. The van der Waals surface area contributed by atoms with E-state index in [-0.39, 0.29) is 23.1 Å². The van der Waals surface area contributed by atoms with Crippen LogP contribution in [0, 0.1) is 24.0 Å². The third kappa shape index (κ3) is 2.67. The molecule has 0 aromatic carbocycles. The zero-order valence-corrected chi connectivity index (χ0v) is 12.1. The van der Waals surface area contributed by atoms with Gasteiger partial charge in [0.15, 0.2) is 0 Å². The van der Waals surface area contributed by atoms with E-state index in [1.54, 1.807) is 24.4 Å². The molecular formula is C11H14N6O2S. The van der Waals surface area contributed by atoms with E-state index in [9.17, 15) is 10.1 Å². The van der Waals surface area contributed by atoms with Gasteiger partial charge in [0, 0.05) is 11.9 Å². The molecule has 0 aliphatic carbocycles. The summed E-state index contributed by atoms with van der Waals surface area (Å²) in [6.07, 6.45) is 0. The first-order chi connectivity index (χ1) is 9.40. The zero-order chi connectivity index (χ0) is 14.9. The van der Waals surface area contributed by atoms with E-state index in [1.165, 1.54) is 11.3 Å². The van der Waals surface area contributed by atoms with Gasteiger partial charge in [-0.15, -0.1) is 11.3 Å². The molecule has 0 spiro atoms. The lowest BCUT2D eigenvalue weighted by Crippen LogP contribution is -2.20. The predicted molar refractivity (Wildman–Crippen MR) is 76.8 cm³/mol. The number of hydrogen-bond acceptors (Lipinski definition) is 8. The molecule has 0 saturated carbocycles. The molecule has 2 N–H and O–H groups in total. The first-order valence-electron chi connectivity index (χ1n) is 5.78. The zero-order valence-electron chi connectivity index (χ0n) is 11.3. The van der Waals surface area contributed by atoms with Crippen molar-refractivity contribution < 1.29 is 4.92 Å². The standard InChI is InChI=1S/C11H14N6O2S/c1-6-8(20-5-13-6)4-16(3)10-9(17(18)19)7(2)14-11(12)15-10/h5H,4H2,1-3H3,(H2,12,14,15). The maximum absolute atomic E-state index is 11.2. The van der Waals surface area contributed by atoms with Crippen LogP contribution in [0.3, 0.4) is 0 Å². The maximum Gasteiger partial charge on any atom is 0.332 e. The highest BCUT2D eigenvalue weighted by molar-refractivity contribution is 7.09. The van der Waals surface area contributed by atoms with Crippen LogP contribution < -0.4 is 10.6 Å². The van der Waals surface area contributed by atoms with Crippen molar-refractivity contribution in [1.29, 1.82) is 0 Å². The predicted octanol–water partition coefficient (Wildman–Crippen LogP) is 1.68. The number of thiazole rings is 1. The Kier molecular flexibility index (Phi) is 3.79. The van der Waals surface area contributed by atoms with Gasteiger partial charge in [-0.1, -0.05) is 0 Å². The number of anilines is 2. The number of nitrogens with zero attached hydrogens (tertiary/aromatic N) is 5. The molecule has 0 saturated heterocycles. The molecule has 9 heteroatoms. The molecule has 0 fully saturated rings. The number of aromatic nitrogens is 3. The Bertz CT molecular complexity index is 656. The molecule has 0 amide bonds. The van der Waals surface area contributed by atoms with Gasteiger partial charge in [-0.3, -0.25) is 10.1 Å². The summed E-state index contributed by atoms with van der Waals surface area (Å²) in [6, 6.07) is 0. The number of aryl methyl sites for hydroxylation is 2. The second kappa shape index (κ2) is 5.37. The number of nitro groups is 1. The average Bonchev–Trinajstić information content (AvgIpc) is 2.73. The normalized spacial score (nSPS) is 10.6. The lowest BCUT2D eigenvalue weighted by atomic mass is 10.3. The van der Waals surface area contributed by atoms with Crippen LogP contribution in [0.1, 0.15) is 16.3 Å². The summed E-state index contributed by atoms with van der Waals surface area (Å²) in [5, 5.41) is 11.2. The van der Waals surface area contributed by atoms with Gasteiger partial charge in [0.05, 0.1) is 22.7 Å². The van der Waals surface area contributed by atoms with Crippen molar-refractivity contribution in [3.63, 3.8) is 0 Å². The van der Waals surface area contributed by atoms with Crippen molar-refractivity contribution in [1.82, 2.24) is 15.0 Å². The van der Waals surface area contributed by atoms with Crippen LogP contribution in [0.4, 0.5) is 17.5 Å². The first-order valence-corrected chi connectivity index (χ1v) is 6.66. The van der Waals surface area contributed by atoms with Gasteiger partial charge in [0.1, 0.15) is 5.69 Å². The Hall–Kier alpha value is -2.29. The fraction of sp³-hybridized carbons (Fsp3) is 0.364. The monoisotopic (exact) mass is 294 g/mol. The van der Waals surface area contributed by atoms with Crippen LogP contribution >= 0.6 is 11.3 Å². The van der Waals surface area contributed by atoms with Crippen LogP contribution in [0.15, 0.2) is 5.51 Å². The van der Waals surface area contributed by atoms with Crippen molar-refractivity contribution in [3.05, 3.63) is 31.9 Å². The van der Waals surface area contributed by atoms with E-state index in [1.807, 2.05) is 6.92 Å². The topological polar surface area (TPSA) is 111 Å². The summed E-state index contributed by atoms with van der Waals surface area (Å²) >= 11 is 1.50. The van der Waals surface area contributed by atoms with Gasteiger partial charge in [-0.2, -0.15) is 4.98 Å². The summed E-state index contributed by atoms with van der Waals surface area (Å²) in [5.41, 5.74) is 8.37. The van der Waals surface area contributed by atoms with Gasteiger partial charge in [-0.25, -0.2) is 9.97 Å². The van der Waals surface area contributed by atoms with Crippen molar-refractivity contribution >= 4 is 28.8 Å². The Labute approximate surface area is 119 Å². The van der Waals surface area contributed by atoms with E-state index in [0.29, 0.717) is 6.54 Å². The second-order valence-electron chi connectivity index (χ2n) is 4.31. The van der Waals surface area contributed by atoms with Gasteiger partial charge in [0.2, 0.25) is 11.8 Å².